The number of hydrogen-bond donors (Lipinski definition) is 0. The summed E-state index contributed by atoms with van der Waals surface area (Å²) in [5.41, 5.74) is 3.77. The molecule has 40 heavy (non-hydrogen) atoms. The van der Waals surface area contributed by atoms with Crippen LogP contribution in [0.15, 0.2) is 91.1 Å². The molecule has 1 atom stereocenters. The predicted molar refractivity (Wildman–Crippen MR) is 155 cm³/mol. The molecular weight excluding hydrogens is 505 g/mol. The molecule has 0 saturated carbocycles. The van der Waals surface area contributed by atoms with E-state index in [0.717, 1.165) is 35.5 Å². The number of nitrogens with zero attached hydrogens (tertiary/aromatic N) is 3. The third kappa shape index (κ3) is 5.37. The summed E-state index contributed by atoms with van der Waals surface area (Å²) >= 11 is 0. The molecule has 0 saturated heterocycles. The highest BCUT2D eigenvalue weighted by molar-refractivity contribution is 6.02. The zero-order valence-electron chi connectivity index (χ0n) is 23.1. The van der Waals surface area contributed by atoms with Crippen LogP contribution in [0, 0.1) is 5.82 Å². The van der Waals surface area contributed by atoms with Gasteiger partial charge in [0.2, 0.25) is 5.91 Å². The SMILES string of the molecule is CCCCOc1ccc(C(=O)N(CC(=O)N2c3ccccc3-n3cccc3[C@@H]2c2ccc(F)cc2)C(C)C)cc1. The second-order valence-corrected chi connectivity index (χ2v) is 10.3. The van der Waals surface area contributed by atoms with E-state index in [4.69, 9.17) is 4.74 Å². The smallest absolute Gasteiger partial charge is 0.254 e. The van der Waals surface area contributed by atoms with Crippen LogP contribution in [0.5, 0.6) is 5.75 Å². The molecule has 3 aromatic carbocycles. The zero-order valence-corrected chi connectivity index (χ0v) is 23.1. The summed E-state index contributed by atoms with van der Waals surface area (Å²) in [7, 11) is 0. The first-order valence-corrected chi connectivity index (χ1v) is 13.8. The lowest BCUT2D eigenvalue weighted by molar-refractivity contribution is -0.120. The first kappa shape index (κ1) is 27.2. The highest BCUT2D eigenvalue weighted by Gasteiger charge is 2.37. The van der Waals surface area contributed by atoms with Crippen molar-refractivity contribution in [3.63, 3.8) is 0 Å². The number of benzene rings is 3. The molecule has 4 aromatic rings. The quantitative estimate of drug-likeness (QED) is 0.220. The number of fused-ring (bicyclic) bond motifs is 3. The molecule has 5 rings (SSSR count). The summed E-state index contributed by atoms with van der Waals surface area (Å²) in [5, 5.41) is 0. The Bertz CT molecular complexity index is 1480. The number of carbonyl (C=O) groups excluding carboxylic acids is 2. The van der Waals surface area contributed by atoms with Crippen LogP contribution in [-0.4, -0.2) is 40.5 Å². The Hall–Kier alpha value is -4.39. The maximum Gasteiger partial charge on any atom is 0.254 e. The topological polar surface area (TPSA) is 54.8 Å². The third-order valence-corrected chi connectivity index (χ3v) is 7.23. The van der Waals surface area contributed by atoms with Crippen LogP contribution in [-0.2, 0) is 4.79 Å². The van der Waals surface area contributed by atoms with Gasteiger partial charge in [0.15, 0.2) is 0 Å². The Morgan fingerprint density at radius 3 is 2.30 bits per heavy atom. The van der Waals surface area contributed by atoms with E-state index in [9.17, 15) is 14.0 Å². The number of hydrogen-bond acceptors (Lipinski definition) is 3. The normalized spacial score (nSPS) is 14.0. The minimum Gasteiger partial charge on any atom is -0.494 e. The largest absolute Gasteiger partial charge is 0.494 e. The lowest BCUT2D eigenvalue weighted by atomic mass is 9.97. The van der Waals surface area contributed by atoms with E-state index in [0.29, 0.717) is 17.9 Å². The molecule has 0 radical (unpaired) electrons. The number of amides is 2. The van der Waals surface area contributed by atoms with Crippen molar-refractivity contribution in [1.29, 1.82) is 0 Å². The molecule has 0 fully saturated rings. The lowest BCUT2D eigenvalue weighted by Crippen LogP contribution is -2.48. The van der Waals surface area contributed by atoms with Gasteiger partial charge < -0.3 is 14.2 Å². The van der Waals surface area contributed by atoms with Gasteiger partial charge in [-0.25, -0.2) is 4.39 Å². The van der Waals surface area contributed by atoms with Crippen molar-refractivity contribution in [3.8, 4) is 11.4 Å². The monoisotopic (exact) mass is 539 g/mol. The summed E-state index contributed by atoms with van der Waals surface area (Å²) in [5.74, 6) is -0.0786. The highest BCUT2D eigenvalue weighted by Crippen LogP contribution is 2.42. The maximum absolute atomic E-state index is 14.2. The molecule has 1 aliphatic heterocycles. The Labute approximate surface area is 234 Å². The van der Waals surface area contributed by atoms with Gasteiger partial charge in [-0.2, -0.15) is 0 Å². The molecule has 0 spiro atoms. The second-order valence-electron chi connectivity index (χ2n) is 10.3. The standard InChI is InChI=1S/C33H34FN3O3/c1-4-5-21-40-27-18-14-25(15-19-27)33(39)36(23(2)3)22-31(38)37-29-10-7-6-9-28(29)35-20-8-11-30(35)32(37)24-12-16-26(34)17-13-24/h6-20,23,32H,4-5,21-22H2,1-3H3/t32-/m0/s1. The van der Waals surface area contributed by atoms with Crippen molar-refractivity contribution in [1.82, 2.24) is 9.47 Å². The van der Waals surface area contributed by atoms with Crippen LogP contribution in [0.25, 0.3) is 5.69 Å². The van der Waals surface area contributed by atoms with E-state index in [2.05, 4.69) is 11.5 Å². The van der Waals surface area contributed by atoms with Crippen LogP contribution in [0.1, 0.15) is 61.3 Å². The molecule has 0 unspecified atom stereocenters. The highest BCUT2D eigenvalue weighted by atomic mass is 19.1. The molecule has 206 valence electrons. The summed E-state index contributed by atoms with van der Waals surface area (Å²) in [6.45, 7) is 6.43. The van der Waals surface area contributed by atoms with Gasteiger partial charge in [0.25, 0.3) is 5.91 Å². The molecule has 0 N–H and O–H groups in total. The fourth-order valence-electron chi connectivity index (χ4n) is 5.13. The van der Waals surface area contributed by atoms with Crippen molar-refractivity contribution in [2.75, 3.05) is 18.1 Å². The van der Waals surface area contributed by atoms with E-state index in [-0.39, 0.29) is 30.2 Å². The van der Waals surface area contributed by atoms with Gasteiger partial charge in [0.1, 0.15) is 24.2 Å². The molecule has 7 heteroatoms. The van der Waals surface area contributed by atoms with Crippen molar-refractivity contribution >= 4 is 17.5 Å². The number of unbranched alkanes of at least 4 members (excludes halogenated alkanes) is 1. The Kier molecular flexibility index (Phi) is 8.01. The van der Waals surface area contributed by atoms with Crippen LogP contribution < -0.4 is 9.64 Å². The maximum atomic E-state index is 14.2. The van der Waals surface area contributed by atoms with Crippen molar-refractivity contribution in [2.24, 2.45) is 0 Å². The Morgan fingerprint density at radius 1 is 0.925 bits per heavy atom. The van der Waals surface area contributed by atoms with Gasteiger partial charge in [-0.3, -0.25) is 14.5 Å². The van der Waals surface area contributed by atoms with Gasteiger partial charge >= 0.3 is 0 Å². The first-order chi connectivity index (χ1) is 19.4. The average Bonchev–Trinajstić information content (AvgIpc) is 3.46. The zero-order chi connectivity index (χ0) is 28.2. The number of para-hydroxylation sites is 2. The Balaban J connectivity index is 1.46. The van der Waals surface area contributed by atoms with Gasteiger partial charge in [-0.1, -0.05) is 37.6 Å². The van der Waals surface area contributed by atoms with E-state index in [1.165, 1.54) is 12.1 Å². The number of carbonyl (C=O) groups is 2. The minimum absolute atomic E-state index is 0.113. The summed E-state index contributed by atoms with van der Waals surface area (Å²) in [6, 6.07) is 24.2. The second kappa shape index (κ2) is 11.8. The number of ether oxygens (including phenoxy) is 1. The number of anilines is 1. The van der Waals surface area contributed by atoms with E-state index >= 15 is 0 Å². The van der Waals surface area contributed by atoms with E-state index < -0.39 is 6.04 Å². The Morgan fingerprint density at radius 2 is 1.62 bits per heavy atom. The first-order valence-electron chi connectivity index (χ1n) is 13.8. The molecule has 1 aliphatic rings. The third-order valence-electron chi connectivity index (χ3n) is 7.23. The van der Waals surface area contributed by atoms with Gasteiger partial charge in [-0.05, 0) is 86.5 Å². The molecule has 2 heterocycles. The molecule has 2 amide bonds. The van der Waals surface area contributed by atoms with Crippen molar-refractivity contribution in [3.05, 3.63) is 114 Å². The fraction of sp³-hybridized carbons (Fsp3) is 0.273. The predicted octanol–water partition coefficient (Wildman–Crippen LogP) is 6.78. The summed E-state index contributed by atoms with van der Waals surface area (Å²) in [6.07, 6.45) is 3.97. The van der Waals surface area contributed by atoms with Gasteiger partial charge in [0.05, 0.1) is 23.7 Å². The lowest BCUT2D eigenvalue weighted by Gasteiger charge is -2.40. The van der Waals surface area contributed by atoms with Crippen LogP contribution in [0.2, 0.25) is 0 Å². The van der Waals surface area contributed by atoms with E-state index in [1.807, 2.05) is 56.4 Å². The van der Waals surface area contributed by atoms with E-state index in [1.54, 1.807) is 46.2 Å². The van der Waals surface area contributed by atoms with Gasteiger partial charge in [-0.15, -0.1) is 0 Å². The summed E-state index contributed by atoms with van der Waals surface area (Å²) < 4.78 is 21.7. The molecule has 0 bridgehead atoms. The fourth-order valence-corrected chi connectivity index (χ4v) is 5.13. The van der Waals surface area contributed by atoms with Crippen LogP contribution >= 0.6 is 0 Å². The molecular formula is C33H34FN3O3. The van der Waals surface area contributed by atoms with Gasteiger partial charge in [0, 0.05) is 17.8 Å². The number of aromatic nitrogens is 1. The molecule has 0 aliphatic carbocycles. The molecule has 1 aromatic heterocycles. The van der Waals surface area contributed by atoms with Crippen molar-refractivity contribution in [2.45, 2.75) is 45.7 Å². The van der Waals surface area contributed by atoms with Crippen molar-refractivity contribution < 1.29 is 18.7 Å². The molecule has 6 nitrogen and oxygen atoms in total. The number of halogens is 1. The number of rotatable bonds is 9. The average molecular weight is 540 g/mol. The minimum atomic E-state index is -0.485. The van der Waals surface area contributed by atoms with Crippen LogP contribution in [0.3, 0.4) is 0 Å². The van der Waals surface area contributed by atoms with Crippen LogP contribution in [0.4, 0.5) is 10.1 Å². The summed E-state index contributed by atoms with van der Waals surface area (Å²) in [4.78, 5) is 31.2.